The second-order valence-electron chi connectivity index (χ2n) is 8.26. The van der Waals surface area contributed by atoms with E-state index in [9.17, 15) is 4.79 Å². The number of nitrogens with zero attached hydrogens (tertiary/aromatic N) is 4. The van der Waals surface area contributed by atoms with Crippen molar-refractivity contribution in [1.82, 2.24) is 25.3 Å². The molecule has 2 aromatic heterocycles. The van der Waals surface area contributed by atoms with Gasteiger partial charge in [-0.1, -0.05) is 12.1 Å². The van der Waals surface area contributed by atoms with Crippen molar-refractivity contribution in [2.45, 2.75) is 26.4 Å². The molecule has 0 bridgehead atoms. The molecular weight excluding hydrogens is 474 g/mol. The molecule has 0 aliphatic carbocycles. The normalized spacial score (nSPS) is 10.8. The molecule has 0 fully saturated rings. The maximum atomic E-state index is 12.6. The highest BCUT2D eigenvalue weighted by atomic mass is 16.5. The molecular formula is C25H35N9O3. The second-order valence-corrected chi connectivity index (χ2v) is 8.26. The van der Waals surface area contributed by atoms with Gasteiger partial charge in [0.05, 0.1) is 38.7 Å². The smallest absolute Gasteiger partial charge is 0.251 e. The number of pyridine rings is 1. The topological polar surface area (TPSA) is 161 Å². The van der Waals surface area contributed by atoms with Gasteiger partial charge in [0, 0.05) is 36.6 Å². The number of amides is 1. The first-order valence-corrected chi connectivity index (χ1v) is 12.2. The Balaban J connectivity index is 1.59. The van der Waals surface area contributed by atoms with Gasteiger partial charge >= 0.3 is 0 Å². The summed E-state index contributed by atoms with van der Waals surface area (Å²) in [7, 11) is 0. The third-order valence-electron chi connectivity index (χ3n) is 4.75. The number of aromatic nitrogens is 4. The molecule has 6 N–H and O–H groups in total. The van der Waals surface area contributed by atoms with E-state index >= 15 is 0 Å². The summed E-state index contributed by atoms with van der Waals surface area (Å²) in [5.41, 5.74) is 7.39. The largest absolute Gasteiger partial charge is 0.378 e. The van der Waals surface area contributed by atoms with Gasteiger partial charge in [-0.05, 0) is 44.2 Å². The molecule has 198 valence electrons. The van der Waals surface area contributed by atoms with Crippen molar-refractivity contribution < 1.29 is 14.3 Å². The van der Waals surface area contributed by atoms with E-state index in [0.29, 0.717) is 75.2 Å². The Morgan fingerprint density at radius 3 is 2.49 bits per heavy atom. The van der Waals surface area contributed by atoms with E-state index in [1.54, 1.807) is 24.4 Å². The number of carbonyl (C=O) groups is 1. The van der Waals surface area contributed by atoms with Crippen molar-refractivity contribution in [2.75, 3.05) is 55.5 Å². The van der Waals surface area contributed by atoms with Crippen LogP contribution in [0.5, 0.6) is 0 Å². The molecule has 0 atom stereocenters. The van der Waals surface area contributed by atoms with E-state index < -0.39 is 0 Å². The van der Waals surface area contributed by atoms with Gasteiger partial charge in [-0.2, -0.15) is 15.0 Å². The lowest BCUT2D eigenvalue weighted by Crippen LogP contribution is -2.27. The summed E-state index contributed by atoms with van der Waals surface area (Å²) in [5.74, 6) is 0.957. The first kappa shape index (κ1) is 27.7. The number of ether oxygens (including phenoxy) is 2. The second kappa shape index (κ2) is 15.3. The van der Waals surface area contributed by atoms with Gasteiger partial charge in [0.2, 0.25) is 17.8 Å². The maximum absolute atomic E-state index is 12.6. The van der Waals surface area contributed by atoms with Gasteiger partial charge in [-0.3, -0.25) is 9.78 Å². The van der Waals surface area contributed by atoms with Crippen LogP contribution in [0.15, 0.2) is 48.7 Å². The molecule has 1 amide bonds. The quantitative estimate of drug-likeness (QED) is 0.180. The highest BCUT2D eigenvalue weighted by Crippen LogP contribution is 2.18. The van der Waals surface area contributed by atoms with E-state index in [1.807, 2.05) is 38.1 Å². The fraction of sp³-hybridized carbons (Fsp3) is 0.400. The molecule has 12 heteroatoms. The molecule has 1 aromatic carbocycles. The Morgan fingerprint density at radius 2 is 1.73 bits per heavy atom. The van der Waals surface area contributed by atoms with E-state index in [2.05, 4.69) is 41.2 Å². The fourth-order valence-electron chi connectivity index (χ4n) is 3.12. The number of carbonyl (C=O) groups excluding carboxylic acids is 1. The van der Waals surface area contributed by atoms with Crippen LogP contribution in [-0.4, -0.2) is 71.4 Å². The zero-order valence-corrected chi connectivity index (χ0v) is 21.2. The Kier molecular flexibility index (Phi) is 11.5. The summed E-state index contributed by atoms with van der Waals surface area (Å²) in [6.45, 7) is 7.16. The number of hydrogen-bond acceptors (Lipinski definition) is 11. The average molecular weight is 510 g/mol. The van der Waals surface area contributed by atoms with Crippen molar-refractivity contribution in [3.05, 3.63) is 59.9 Å². The van der Waals surface area contributed by atoms with Crippen molar-refractivity contribution >= 4 is 29.4 Å². The maximum Gasteiger partial charge on any atom is 0.251 e. The highest BCUT2D eigenvalue weighted by Gasteiger charge is 2.10. The minimum Gasteiger partial charge on any atom is -0.378 e. The fourth-order valence-corrected chi connectivity index (χ4v) is 3.12. The van der Waals surface area contributed by atoms with E-state index in [-0.39, 0.29) is 11.9 Å². The molecule has 0 saturated heterocycles. The third-order valence-corrected chi connectivity index (χ3v) is 4.75. The number of rotatable bonds is 16. The van der Waals surface area contributed by atoms with Crippen LogP contribution in [-0.2, 0) is 16.0 Å². The molecule has 0 aliphatic rings. The summed E-state index contributed by atoms with van der Waals surface area (Å²) >= 11 is 0. The molecule has 2 heterocycles. The Hall–Kier alpha value is -3.87. The Labute approximate surface area is 216 Å². The van der Waals surface area contributed by atoms with Crippen LogP contribution in [0.2, 0.25) is 0 Å². The zero-order chi connectivity index (χ0) is 26.3. The predicted molar refractivity (Wildman–Crippen MR) is 143 cm³/mol. The summed E-state index contributed by atoms with van der Waals surface area (Å²) < 4.78 is 10.7. The number of benzene rings is 1. The molecule has 0 saturated carbocycles. The lowest BCUT2D eigenvalue weighted by molar-refractivity contribution is 0.0511. The number of hydrogen-bond donors (Lipinski definition) is 5. The van der Waals surface area contributed by atoms with Gasteiger partial charge in [-0.15, -0.1) is 0 Å². The average Bonchev–Trinajstić information content (AvgIpc) is 2.89. The van der Waals surface area contributed by atoms with Crippen molar-refractivity contribution in [1.29, 1.82) is 0 Å². The van der Waals surface area contributed by atoms with Gasteiger partial charge in [0.15, 0.2) is 0 Å². The molecule has 37 heavy (non-hydrogen) atoms. The molecule has 3 aromatic rings. The Bertz CT molecular complexity index is 1100. The van der Waals surface area contributed by atoms with Gasteiger partial charge < -0.3 is 36.5 Å². The van der Waals surface area contributed by atoms with E-state index in [0.717, 1.165) is 5.69 Å². The standard InChI is InChI=1S/C25H35N9O3/c1-18(2)30-24-32-23(29-17-21-7-3-4-10-27-21)33-25(34-24)31-20-8-5-6-19(16-20)22(35)28-11-13-37-15-14-36-12-9-26/h3-8,10,16,18H,9,11-15,17,26H2,1-2H3,(H,28,35)(H3,29,30,31,32,33,34). The molecule has 0 radical (unpaired) electrons. The number of nitrogens with two attached hydrogens (primary N) is 1. The van der Waals surface area contributed by atoms with E-state index in [1.165, 1.54) is 0 Å². The monoisotopic (exact) mass is 509 g/mol. The van der Waals surface area contributed by atoms with Gasteiger partial charge in [-0.25, -0.2) is 0 Å². The third kappa shape index (κ3) is 10.3. The molecule has 3 rings (SSSR count). The predicted octanol–water partition coefficient (Wildman–Crippen LogP) is 2.16. The lowest BCUT2D eigenvalue weighted by Gasteiger charge is -2.13. The van der Waals surface area contributed by atoms with Crippen LogP contribution in [0.25, 0.3) is 0 Å². The lowest BCUT2D eigenvalue weighted by atomic mass is 10.2. The first-order chi connectivity index (χ1) is 18.0. The van der Waals surface area contributed by atoms with Crippen LogP contribution < -0.4 is 27.0 Å². The minimum atomic E-state index is -0.206. The van der Waals surface area contributed by atoms with Crippen LogP contribution in [0.3, 0.4) is 0 Å². The van der Waals surface area contributed by atoms with Crippen molar-refractivity contribution in [3.63, 3.8) is 0 Å². The summed E-state index contributed by atoms with van der Waals surface area (Å²) in [6.07, 6.45) is 1.74. The number of anilines is 4. The van der Waals surface area contributed by atoms with E-state index in [4.69, 9.17) is 15.2 Å². The van der Waals surface area contributed by atoms with Crippen molar-refractivity contribution in [3.8, 4) is 0 Å². The van der Waals surface area contributed by atoms with Crippen LogP contribution in [0.4, 0.5) is 23.5 Å². The van der Waals surface area contributed by atoms with Gasteiger partial charge in [0.1, 0.15) is 0 Å². The summed E-state index contributed by atoms with van der Waals surface area (Å²) in [4.78, 5) is 30.3. The molecule has 12 nitrogen and oxygen atoms in total. The minimum absolute atomic E-state index is 0.133. The zero-order valence-electron chi connectivity index (χ0n) is 21.2. The molecule has 0 spiro atoms. The van der Waals surface area contributed by atoms with Crippen LogP contribution >= 0.6 is 0 Å². The summed E-state index contributed by atoms with van der Waals surface area (Å²) in [5, 5.41) is 12.4. The van der Waals surface area contributed by atoms with Gasteiger partial charge in [0.25, 0.3) is 5.91 Å². The number of nitrogens with one attached hydrogen (secondary N) is 4. The van der Waals surface area contributed by atoms with Crippen LogP contribution in [0, 0.1) is 0 Å². The summed E-state index contributed by atoms with van der Waals surface area (Å²) in [6, 6.07) is 12.9. The molecule has 0 aliphatic heterocycles. The van der Waals surface area contributed by atoms with Crippen molar-refractivity contribution in [2.24, 2.45) is 5.73 Å². The highest BCUT2D eigenvalue weighted by molar-refractivity contribution is 5.95. The SMILES string of the molecule is CC(C)Nc1nc(NCc2ccccn2)nc(Nc2cccc(C(=O)NCCOCCOCCN)c2)n1. The first-order valence-electron chi connectivity index (χ1n) is 12.2. The van der Waals surface area contributed by atoms with Crippen LogP contribution in [0.1, 0.15) is 29.9 Å². The molecule has 0 unspecified atom stereocenters. The Morgan fingerprint density at radius 1 is 0.946 bits per heavy atom.